The fourth-order valence-corrected chi connectivity index (χ4v) is 3.34. The average molecular weight is 310 g/mol. The summed E-state index contributed by atoms with van der Waals surface area (Å²) >= 11 is 0. The molecule has 0 amide bonds. The zero-order chi connectivity index (χ0) is 13.5. The van der Waals surface area contributed by atoms with Gasteiger partial charge in [0, 0.05) is 5.39 Å². The Morgan fingerprint density at radius 1 is 1.29 bits per heavy atom. The lowest BCUT2D eigenvalue weighted by Crippen LogP contribution is -3.16. The first-order valence-electron chi connectivity index (χ1n) is 7.32. The number of benzene rings is 1. The van der Waals surface area contributed by atoms with Crippen LogP contribution < -0.4 is 17.3 Å². The highest BCUT2D eigenvalue weighted by atomic mass is 35.5. The molecule has 0 aliphatic carbocycles. The number of hydrogen-bond donors (Lipinski definition) is 1. The van der Waals surface area contributed by atoms with Gasteiger partial charge >= 0.3 is 0 Å². The van der Waals surface area contributed by atoms with Crippen LogP contribution in [-0.2, 0) is 16.0 Å². The molecule has 5 nitrogen and oxygen atoms in total. The van der Waals surface area contributed by atoms with Crippen molar-refractivity contribution in [2.75, 3.05) is 33.4 Å². The fraction of sp³-hybridized carbons (Fsp3) is 0.533. The number of quaternary nitrogens is 1. The highest BCUT2D eigenvalue weighted by Crippen LogP contribution is 2.31. The molecule has 1 N–H and O–H groups in total. The summed E-state index contributed by atoms with van der Waals surface area (Å²) in [7, 11) is 2.23. The Morgan fingerprint density at radius 2 is 2.14 bits per heavy atom. The molecule has 1 fully saturated rings. The third-order valence-electron chi connectivity index (χ3n) is 4.49. The Kier molecular flexibility index (Phi) is 4.17. The lowest BCUT2D eigenvalue weighted by Gasteiger charge is -2.36. The zero-order valence-electron chi connectivity index (χ0n) is 12.1. The lowest BCUT2D eigenvalue weighted by molar-refractivity contribution is -0.919. The first-order chi connectivity index (χ1) is 9.84. The van der Waals surface area contributed by atoms with Crippen LogP contribution in [0.3, 0.4) is 0 Å². The van der Waals surface area contributed by atoms with E-state index in [1.807, 2.05) is 6.07 Å². The van der Waals surface area contributed by atoms with Gasteiger partial charge in [0.25, 0.3) is 0 Å². The Morgan fingerprint density at radius 3 is 3.00 bits per heavy atom. The Bertz CT molecular complexity index is 630. The molecule has 2 aromatic rings. The molecule has 3 atom stereocenters. The molecule has 0 bridgehead atoms. The SMILES string of the molecule is C[NH+]1CCOC[C@H]1[C@@H]1OCCn2nc3ccccc3c21.[Cl-]. The minimum atomic E-state index is 0. The maximum Gasteiger partial charge on any atom is 0.154 e. The average Bonchev–Trinajstić information content (AvgIpc) is 2.86. The summed E-state index contributed by atoms with van der Waals surface area (Å²) in [5.74, 6) is 0. The maximum absolute atomic E-state index is 6.12. The second kappa shape index (κ2) is 5.93. The molecule has 0 radical (unpaired) electrons. The van der Waals surface area contributed by atoms with Crippen LogP contribution in [0.5, 0.6) is 0 Å². The minimum absolute atomic E-state index is 0. The van der Waals surface area contributed by atoms with Crippen LogP contribution in [0.2, 0.25) is 0 Å². The minimum Gasteiger partial charge on any atom is -1.00 e. The summed E-state index contributed by atoms with van der Waals surface area (Å²) in [5.41, 5.74) is 2.29. The maximum atomic E-state index is 6.12. The third kappa shape index (κ3) is 2.44. The predicted molar refractivity (Wildman–Crippen MR) is 74.8 cm³/mol. The van der Waals surface area contributed by atoms with Crippen molar-refractivity contribution in [1.82, 2.24) is 9.78 Å². The number of halogens is 1. The number of ether oxygens (including phenoxy) is 2. The summed E-state index contributed by atoms with van der Waals surface area (Å²) in [6.45, 7) is 4.21. The Labute approximate surface area is 130 Å². The second-order valence-corrected chi connectivity index (χ2v) is 5.69. The van der Waals surface area contributed by atoms with Crippen molar-refractivity contribution < 1.29 is 26.8 Å². The van der Waals surface area contributed by atoms with Crippen LogP contribution in [0.4, 0.5) is 0 Å². The van der Waals surface area contributed by atoms with Crippen molar-refractivity contribution in [3.05, 3.63) is 30.0 Å². The number of fused-ring (bicyclic) bond motifs is 3. The smallest absolute Gasteiger partial charge is 0.154 e. The van der Waals surface area contributed by atoms with Gasteiger partial charge in [-0.3, -0.25) is 4.68 Å². The highest BCUT2D eigenvalue weighted by Gasteiger charge is 2.38. The topological polar surface area (TPSA) is 40.7 Å². The van der Waals surface area contributed by atoms with Gasteiger partial charge in [0.2, 0.25) is 0 Å². The monoisotopic (exact) mass is 309 g/mol. The molecule has 2 aliphatic heterocycles. The number of rotatable bonds is 1. The van der Waals surface area contributed by atoms with Crippen molar-refractivity contribution in [3.8, 4) is 0 Å². The van der Waals surface area contributed by atoms with E-state index in [9.17, 15) is 0 Å². The van der Waals surface area contributed by atoms with E-state index in [4.69, 9.17) is 14.6 Å². The summed E-state index contributed by atoms with van der Waals surface area (Å²) in [4.78, 5) is 1.49. The van der Waals surface area contributed by atoms with Gasteiger partial charge in [-0.2, -0.15) is 5.10 Å². The van der Waals surface area contributed by atoms with Crippen molar-refractivity contribution in [2.24, 2.45) is 0 Å². The molecule has 21 heavy (non-hydrogen) atoms. The molecule has 3 heterocycles. The molecule has 1 aromatic heterocycles. The van der Waals surface area contributed by atoms with E-state index in [0.29, 0.717) is 6.04 Å². The van der Waals surface area contributed by atoms with Crippen molar-refractivity contribution >= 4 is 10.9 Å². The van der Waals surface area contributed by atoms with Crippen molar-refractivity contribution in [3.63, 3.8) is 0 Å². The van der Waals surface area contributed by atoms with Gasteiger partial charge in [0.1, 0.15) is 19.2 Å². The van der Waals surface area contributed by atoms with E-state index in [0.717, 1.165) is 38.4 Å². The van der Waals surface area contributed by atoms with Crippen LogP contribution in [0, 0.1) is 0 Å². The molecule has 1 unspecified atom stereocenters. The van der Waals surface area contributed by atoms with Crippen LogP contribution in [0.15, 0.2) is 24.3 Å². The quantitative estimate of drug-likeness (QED) is 0.611. The molecule has 1 saturated heterocycles. The Balaban J connectivity index is 0.00000132. The molecular formula is C15H20ClN3O2. The molecule has 114 valence electrons. The van der Waals surface area contributed by atoms with E-state index in [-0.39, 0.29) is 18.5 Å². The van der Waals surface area contributed by atoms with Crippen molar-refractivity contribution in [2.45, 2.75) is 18.7 Å². The zero-order valence-corrected chi connectivity index (χ0v) is 12.8. The van der Waals surface area contributed by atoms with E-state index < -0.39 is 0 Å². The molecule has 0 spiro atoms. The lowest BCUT2D eigenvalue weighted by atomic mass is 10.0. The third-order valence-corrected chi connectivity index (χ3v) is 4.49. The number of aromatic nitrogens is 2. The van der Waals surface area contributed by atoms with Crippen LogP contribution in [0.25, 0.3) is 10.9 Å². The second-order valence-electron chi connectivity index (χ2n) is 5.69. The van der Waals surface area contributed by atoms with Gasteiger partial charge in [-0.05, 0) is 6.07 Å². The molecule has 1 aromatic carbocycles. The molecule has 6 heteroatoms. The summed E-state index contributed by atoms with van der Waals surface area (Å²) in [6, 6.07) is 8.69. The number of likely N-dealkylation sites (N-methyl/N-ethyl adjacent to an activating group) is 1. The van der Waals surface area contributed by atoms with Gasteiger partial charge in [0.15, 0.2) is 6.10 Å². The van der Waals surface area contributed by atoms with E-state index in [2.05, 4.69) is 29.9 Å². The molecular weight excluding hydrogens is 290 g/mol. The predicted octanol–water partition coefficient (Wildman–Crippen LogP) is -2.97. The van der Waals surface area contributed by atoms with E-state index >= 15 is 0 Å². The van der Waals surface area contributed by atoms with E-state index in [1.165, 1.54) is 16.0 Å². The van der Waals surface area contributed by atoms with Crippen LogP contribution in [-0.4, -0.2) is 49.2 Å². The summed E-state index contributed by atoms with van der Waals surface area (Å²) in [6.07, 6.45) is 0.0800. The number of nitrogens with zero attached hydrogens (tertiary/aromatic N) is 2. The Hall–Kier alpha value is -1.14. The van der Waals surface area contributed by atoms with Gasteiger partial charge in [-0.15, -0.1) is 0 Å². The first-order valence-corrected chi connectivity index (χ1v) is 7.32. The molecule has 4 rings (SSSR count). The molecule has 0 saturated carbocycles. The molecule has 2 aliphatic rings. The van der Waals surface area contributed by atoms with Gasteiger partial charge in [0.05, 0.1) is 38.0 Å². The van der Waals surface area contributed by atoms with Crippen LogP contribution >= 0.6 is 0 Å². The van der Waals surface area contributed by atoms with E-state index in [1.54, 1.807) is 0 Å². The number of hydrogen-bond acceptors (Lipinski definition) is 3. The summed E-state index contributed by atoms with van der Waals surface area (Å²) < 4.78 is 13.9. The van der Waals surface area contributed by atoms with Crippen molar-refractivity contribution in [1.29, 1.82) is 0 Å². The number of nitrogens with one attached hydrogen (secondary N) is 1. The highest BCUT2D eigenvalue weighted by molar-refractivity contribution is 5.82. The largest absolute Gasteiger partial charge is 1.00 e. The van der Waals surface area contributed by atoms with Gasteiger partial charge in [-0.25, -0.2) is 0 Å². The van der Waals surface area contributed by atoms with Gasteiger partial charge < -0.3 is 26.8 Å². The normalized spacial score (nSPS) is 28.9. The van der Waals surface area contributed by atoms with Gasteiger partial charge in [-0.1, -0.05) is 18.2 Å². The fourth-order valence-electron chi connectivity index (χ4n) is 3.34. The summed E-state index contributed by atoms with van der Waals surface area (Å²) in [5, 5.41) is 5.93. The standard InChI is InChI=1S/C15H19N3O2.ClH/c1-17-6-8-19-10-13(17)15-14-11-4-2-3-5-12(11)16-18(14)7-9-20-15;/h2-5,13,15H,6-10H2,1H3;1H/t13-,15-;/m0./s1. The number of morpholine rings is 1. The first kappa shape index (κ1) is 14.8. The van der Waals surface area contributed by atoms with Crippen LogP contribution in [0.1, 0.15) is 11.8 Å².